The lowest BCUT2D eigenvalue weighted by Crippen LogP contribution is -2.20. The third-order valence-corrected chi connectivity index (χ3v) is 3.70. The maximum absolute atomic E-state index is 5.99. The zero-order valence-electron chi connectivity index (χ0n) is 13.2. The molecule has 22 heavy (non-hydrogen) atoms. The fourth-order valence-electron chi connectivity index (χ4n) is 2.17. The maximum Gasteiger partial charge on any atom is 0.224 e. The van der Waals surface area contributed by atoms with Gasteiger partial charge in [0.1, 0.15) is 5.82 Å². The van der Waals surface area contributed by atoms with E-state index in [1.54, 1.807) is 6.20 Å². The first-order chi connectivity index (χ1) is 10.7. The van der Waals surface area contributed by atoms with Crippen molar-refractivity contribution in [2.75, 3.05) is 30.4 Å². The number of aromatic nitrogens is 2. The van der Waals surface area contributed by atoms with Gasteiger partial charge in [0, 0.05) is 31.4 Å². The number of halogens is 1. The molecule has 2 rings (SSSR count). The lowest BCUT2D eigenvalue weighted by molar-refractivity contribution is 0.758. The molecule has 2 aromatic rings. The van der Waals surface area contributed by atoms with E-state index < -0.39 is 0 Å². The summed E-state index contributed by atoms with van der Waals surface area (Å²) >= 11 is 5.99. The predicted octanol–water partition coefficient (Wildman–Crippen LogP) is 4.02. The minimum atomic E-state index is 0.669. The van der Waals surface area contributed by atoms with Crippen molar-refractivity contribution < 1.29 is 0 Å². The van der Waals surface area contributed by atoms with Crippen LogP contribution in [0.2, 0.25) is 5.02 Å². The van der Waals surface area contributed by atoms with Crippen LogP contribution in [0.25, 0.3) is 0 Å². The Morgan fingerprint density at radius 1 is 1.27 bits per heavy atom. The van der Waals surface area contributed by atoms with Gasteiger partial charge in [-0.15, -0.1) is 0 Å². The van der Waals surface area contributed by atoms with Gasteiger partial charge in [-0.2, -0.15) is 4.98 Å². The second-order valence-corrected chi connectivity index (χ2v) is 5.76. The van der Waals surface area contributed by atoms with Gasteiger partial charge in [-0.3, -0.25) is 0 Å². The van der Waals surface area contributed by atoms with Gasteiger partial charge in [0.25, 0.3) is 0 Å². The Hall–Kier alpha value is -1.81. The molecule has 0 bridgehead atoms. The summed E-state index contributed by atoms with van der Waals surface area (Å²) in [5.74, 6) is 1.62. The highest BCUT2D eigenvalue weighted by atomic mass is 35.5. The molecule has 1 N–H and O–H groups in total. The summed E-state index contributed by atoms with van der Waals surface area (Å²) in [4.78, 5) is 11.0. The molecule has 0 atom stereocenters. The molecule has 0 saturated heterocycles. The van der Waals surface area contributed by atoms with Crippen molar-refractivity contribution >= 4 is 23.4 Å². The summed E-state index contributed by atoms with van der Waals surface area (Å²) in [6, 6.07) is 9.86. The maximum atomic E-state index is 5.99. The standard InChI is InChI=1S/C17H23ClN4/c1-3-4-12-22(2)16-9-11-20-17(21-16)19-10-8-14-6-5-7-15(18)13-14/h5-7,9,11,13H,3-4,8,10,12H2,1-2H3,(H,19,20,21). The molecule has 0 spiro atoms. The topological polar surface area (TPSA) is 41.1 Å². The third kappa shape index (κ3) is 5.19. The Kier molecular flexibility index (Phi) is 6.46. The van der Waals surface area contributed by atoms with Crippen molar-refractivity contribution in [1.29, 1.82) is 0 Å². The number of hydrogen-bond acceptors (Lipinski definition) is 4. The zero-order valence-corrected chi connectivity index (χ0v) is 14.0. The van der Waals surface area contributed by atoms with Crippen LogP contribution in [-0.4, -0.2) is 30.1 Å². The monoisotopic (exact) mass is 318 g/mol. The molecule has 0 aliphatic rings. The summed E-state index contributed by atoms with van der Waals surface area (Å²) in [5, 5.41) is 4.04. The van der Waals surface area contributed by atoms with Crippen LogP contribution in [0, 0.1) is 0 Å². The normalized spacial score (nSPS) is 10.5. The van der Waals surface area contributed by atoms with Gasteiger partial charge in [0.05, 0.1) is 0 Å². The number of anilines is 2. The van der Waals surface area contributed by atoms with Gasteiger partial charge >= 0.3 is 0 Å². The Labute approximate surface area is 137 Å². The molecule has 0 radical (unpaired) electrons. The van der Waals surface area contributed by atoms with Gasteiger partial charge in [-0.1, -0.05) is 37.1 Å². The lowest BCUT2D eigenvalue weighted by atomic mass is 10.1. The second-order valence-electron chi connectivity index (χ2n) is 5.32. The van der Waals surface area contributed by atoms with E-state index in [4.69, 9.17) is 11.6 Å². The summed E-state index contributed by atoms with van der Waals surface area (Å²) in [6.45, 7) is 3.98. The number of nitrogens with zero attached hydrogens (tertiary/aromatic N) is 3. The molecule has 4 nitrogen and oxygen atoms in total. The van der Waals surface area contributed by atoms with Gasteiger partial charge < -0.3 is 10.2 Å². The summed E-state index contributed by atoms with van der Waals surface area (Å²) in [5.41, 5.74) is 1.20. The minimum Gasteiger partial charge on any atom is -0.360 e. The van der Waals surface area contributed by atoms with Crippen molar-refractivity contribution in [2.24, 2.45) is 0 Å². The smallest absolute Gasteiger partial charge is 0.224 e. The lowest BCUT2D eigenvalue weighted by Gasteiger charge is -2.18. The first-order valence-corrected chi connectivity index (χ1v) is 8.09. The van der Waals surface area contributed by atoms with Crippen molar-refractivity contribution in [2.45, 2.75) is 26.2 Å². The molecule has 1 heterocycles. The molecule has 1 aromatic carbocycles. The van der Waals surface area contributed by atoms with E-state index in [1.807, 2.05) is 24.3 Å². The van der Waals surface area contributed by atoms with Crippen molar-refractivity contribution in [1.82, 2.24) is 9.97 Å². The quantitative estimate of drug-likeness (QED) is 0.798. The van der Waals surface area contributed by atoms with Crippen LogP contribution in [-0.2, 0) is 6.42 Å². The molecule has 5 heteroatoms. The number of nitrogens with one attached hydrogen (secondary N) is 1. The highest BCUT2D eigenvalue weighted by Gasteiger charge is 2.04. The van der Waals surface area contributed by atoms with E-state index in [9.17, 15) is 0 Å². The van der Waals surface area contributed by atoms with Gasteiger partial charge in [-0.25, -0.2) is 4.98 Å². The van der Waals surface area contributed by atoms with Crippen LogP contribution in [0.4, 0.5) is 11.8 Å². The molecule has 118 valence electrons. The van der Waals surface area contributed by atoms with E-state index in [2.05, 4.69) is 40.2 Å². The highest BCUT2D eigenvalue weighted by molar-refractivity contribution is 6.30. The Morgan fingerprint density at radius 2 is 2.14 bits per heavy atom. The predicted molar refractivity (Wildman–Crippen MR) is 93.9 cm³/mol. The molecular formula is C17H23ClN4. The molecule has 0 aliphatic heterocycles. The van der Waals surface area contributed by atoms with E-state index in [0.717, 1.165) is 36.8 Å². The first kappa shape index (κ1) is 16.6. The molecular weight excluding hydrogens is 296 g/mol. The number of unbranched alkanes of at least 4 members (excludes halogenated alkanes) is 1. The molecule has 1 aromatic heterocycles. The van der Waals surface area contributed by atoms with Gasteiger partial charge in [0.15, 0.2) is 0 Å². The van der Waals surface area contributed by atoms with Crippen molar-refractivity contribution in [3.63, 3.8) is 0 Å². The highest BCUT2D eigenvalue weighted by Crippen LogP contribution is 2.13. The van der Waals surface area contributed by atoms with Crippen LogP contribution in [0.15, 0.2) is 36.5 Å². The van der Waals surface area contributed by atoms with Crippen LogP contribution in [0.1, 0.15) is 25.3 Å². The van der Waals surface area contributed by atoms with Crippen molar-refractivity contribution in [3.8, 4) is 0 Å². The Balaban J connectivity index is 1.87. The van der Waals surface area contributed by atoms with E-state index in [1.165, 1.54) is 12.0 Å². The van der Waals surface area contributed by atoms with Crippen LogP contribution in [0.3, 0.4) is 0 Å². The largest absolute Gasteiger partial charge is 0.360 e. The van der Waals surface area contributed by atoms with Crippen LogP contribution < -0.4 is 10.2 Å². The molecule has 0 unspecified atom stereocenters. The first-order valence-electron chi connectivity index (χ1n) is 7.71. The average Bonchev–Trinajstić information content (AvgIpc) is 2.53. The number of rotatable bonds is 8. The van der Waals surface area contributed by atoms with Gasteiger partial charge in [0.2, 0.25) is 5.95 Å². The fourth-order valence-corrected chi connectivity index (χ4v) is 2.38. The van der Waals surface area contributed by atoms with E-state index in [0.29, 0.717) is 5.95 Å². The third-order valence-electron chi connectivity index (χ3n) is 3.46. The number of hydrogen-bond donors (Lipinski definition) is 1. The molecule has 0 fully saturated rings. The number of benzene rings is 1. The Morgan fingerprint density at radius 3 is 2.91 bits per heavy atom. The molecule has 0 amide bonds. The molecule has 0 saturated carbocycles. The summed E-state index contributed by atoms with van der Waals surface area (Å²) in [7, 11) is 2.06. The zero-order chi connectivity index (χ0) is 15.8. The second kappa shape index (κ2) is 8.59. The van der Waals surface area contributed by atoms with Gasteiger partial charge in [-0.05, 0) is 36.6 Å². The van der Waals surface area contributed by atoms with E-state index >= 15 is 0 Å². The summed E-state index contributed by atoms with van der Waals surface area (Å²) in [6.07, 6.45) is 5.03. The van der Waals surface area contributed by atoms with Crippen LogP contribution in [0.5, 0.6) is 0 Å². The molecule has 0 aliphatic carbocycles. The average molecular weight is 319 g/mol. The summed E-state index contributed by atoms with van der Waals surface area (Å²) < 4.78 is 0. The van der Waals surface area contributed by atoms with E-state index in [-0.39, 0.29) is 0 Å². The van der Waals surface area contributed by atoms with Crippen LogP contribution >= 0.6 is 11.6 Å². The Bertz CT molecular complexity index is 588. The SMILES string of the molecule is CCCCN(C)c1ccnc(NCCc2cccc(Cl)c2)n1. The fraction of sp³-hybridized carbons (Fsp3) is 0.412. The van der Waals surface area contributed by atoms with Crippen molar-refractivity contribution in [3.05, 3.63) is 47.1 Å². The minimum absolute atomic E-state index is 0.669.